The van der Waals surface area contributed by atoms with Crippen molar-refractivity contribution in [3.8, 4) is 0 Å². The van der Waals surface area contributed by atoms with Gasteiger partial charge in [-0.05, 0) is 47.9 Å². The maximum absolute atomic E-state index is 13.3. The molecule has 1 aliphatic heterocycles. The van der Waals surface area contributed by atoms with Crippen molar-refractivity contribution < 1.29 is 4.39 Å². The minimum atomic E-state index is -0.242. The van der Waals surface area contributed by atoms with Crippen LogP contribution in [0.15, 0.2) is 77.9 Å². The van der Waals surface area contributed by atoms with E-state index < -0.39 is 0 Å². The second-order valence-corrected chi connectivity index (χ2v) is 6.87. The standard InChI is InChI=1S/C22H18ClFN2/c1-15-7-12-19(13-20(15)23)26-22(17-5-3-2-4-6-17)14-21(25-26)16-8-10-18(24)11-9-16/h2-13,22H,14H2,1H3. The molecule has 0 N–H and O–H groups in total. The fourth-order valence-electron chi connectivity index (χ4n) is 3.22. The van der Waals surface area contributed by atoms with Gasteiger partial charge in [-0.25, -0.2) is 4.39 Å². The first kappa shape index (κ1) is 16.8. The van der Waals surface area contributed by atoms with Gasteiger partial charge in [-0.3, -0.25) is 5.01 Å². The van der Waals surface area contributed by atoms with Crippen molar-refractivity contribution >= 4 is 23.0 Å². The van der Waals surface area contributed by atoms with Crippen LogP contribution in [0, 0.1) is 12.7 Å². The Morgan fingerprint density at radius 2 is 1.73 bits per heavy atom. The number of nitrogens with zero attached hydrogens (tertiary/aromatic N) is 2. The fraction of sp³-hybridized carbons (Fsp3) is 0.136. The van der Waals surface area contributed by atoms with Crippen molar-refractivity contribution in [2.45, 2.75) is 19.4 Å². The zero-order valence-corrected chi connectivity index (χ0v) is 15.1. The number of hydrogen-bond donors (Lipinski definition) is 0. The quantitative estimate of drug-likeness (QED) is 0.544. The molecule has 0 bridgehead atoms. The summed E-state index contributed by atoms with van der Waals surface area (Å²) in [4.78, 5) is 0. The number of benzene rings is 3. The lowest BCUT2D eigenvalue weighted by molar-refractivity contribution is 0.627. The van der Waals surface area contributed by atoms with E-state index in [-0.39, 0.29) is 11.9 Å². The highest BCUT2D eigenvalue weighted by Crippen LogP contribution is 2.37. The van der Waals surface area contributed by atoms with E-state index in [9.17, 15) is 4.39 Å². The first-order valence-corrected chi connectivity index (χ1v) is 8.93. The van der Waals surface area contributed by atoms with E-state index in [2.05, 4.69) is 12.1 Å². The van der Waals surface area contributed by atoms with Gasteiger partial charge in [-0.15, -0.1) is 0 Å². The fourth-order valence-corrected chi connectivity index (χ4v) is 3.40. The third kappa shape index (κ3) is 3.23. The third-order valence-electron chi connectivity index (χ3n) is 4.69. The topological polar surface area (TPSA) is 15.6 Å². The summed E-state index contributed by atoms with van der Waals surface area (Å²) in [5.74, 6) is -0.242. The predicted octanol–water partition coefficient (Wildman–Crippen LogP) is 6.14. The van der Waals surface area contributed by atoms with Crippen molar-refractivity contribution in [2.75, 3.05) is 5.01 Å². The lowest BCUT2D eigenvalue weighted by Crippen LogP contribution is -2.18. The van der Waals surface area contributed by atoms with Crippen LogP contribution in [0.25, 0.3) is 0 Å². The molecule has 2 nitrogen and oxygen atoms in total. The molecule has 1 heterocycles. The van der Waals surface area contributed by atoms with Crippen LogP contribution in [0.3, 0.4) is 0 Å². The molecule has 4 heteroatoms. The van der Waals surface area contributed by atoms with Gasteiger partial charge in [0.15, 0.2) is 0 Å². The van der Waals surface area contributed by atoms with Gasteiger partial charge in [0.2, 0.25) is 0 Å². The van der Waals surface area contributed by atoms with Crippen molar-refractivity contribution in [3.05, 3.63) is 100 Å². The summed E-state index contributed by atoms with van der Waals surface area (Å²) in [6.45, 7) is 1.98. The van der Waals surface area contributed by atoms with Crippen molar-refractivity contribution in [2.24, 2.45) is 5.10 Å². The summed E-state index contributed by atoms with van der Waals surface area (Å²) in [6, 6.07) is 22.9. The van der Waals surface area contributed by atoms with Gasteiger partial charge in [0.25, 0.3) is 0 Å². The lowest BCUT2D eigenvalue weighted by Gasteiger charge is -2.24. The number of rotatable bonds is 3. The third-order valence-corrected chi connectivity index (χ3v) is 5.10. The summed E-state index contributed by atoms with van der Waals surface area (Å²) in [7, 11) is 0. The summed E-state index contributed by atoms with van der Waals surface area (Å²) >= 11 is 6.34. The number of aryl methyl sites for hydroxylation is 1. The van der Waals surface area contributed by atoms with Gasteiger partial charge in [-0.2, -0.15) is 5.10 Å². The molecular weight excluding hydrogens is 347 g/mol. The Labute approximate surface area is 157 Å². The van der Waals surface area contributed by atoms with E-state index in [1.54, 1.807) is 12.1 Å². The molecule has 0 saturated heterocycles. The average molecular weight is 365 g/mol. The number of hydrogen-bond acceptors (Lipinski definition) is 2. The smallest absolute Gasteiger partial charge is 0.123 e. The predicted molar refractivity (Wildman–Crippen MR) is 105 cm³/mol. The SMILES string of the molecule is Cc1ccc(N2N=C(c3ccc(F)cc3)CC2c2ccccc2)cc1Cl. The van der Waals surface area contributed by atoms with Crippen molar-refractivity contribution in [1.82, 2.24) is 0 Å². The first-order valence-electron chi connectivity index (χ1n) is 8.55. The molecule has 4 rings (SSSR count). The molecule has 0 fully saturated rings. The van der Waals surface area contributed by atoms with Crippen LogP contribution in [0.5, 0.6) is 0 Å². The molecule has 0 aliphatic carbocycles. The summed E-state index contributed by atoms with van der Waals surface area (Å²) in [5.41, 5.74) is 5.05. The molecule has 3 aromatic carbocycles. The van der Waals surface area contributed by atoms with Crippen LogP contribution in [-0.4, -0.2) is 5.71 Å². The second-order valence-electron chi connectivity index (χ2n) is 6.46. The monoisotopic (exact) mass is 364 g/mol. The van der Waals surface area contributed by atoms with Crippen molar-refractivity contribution in [1.29, 1.82) is 0 Å². The molecule has 26 heavy (non-hydrogen) atoms. The molecule has 1 aliphatic rings. The largest absolute Gasteiger partial charge is 0.257 e. The Hall–Kier alpha value is -2.65. The highest BCUT2D eigenvalue weighted by Gasteiger charge is 2.30. The van der Waals surface area contributed by atoms with Crippen LogP contribution in [0.4, 0.5) is 10.1 Å². The van der Waals surface area contributed by atoms with Crippen LogP contribution in [-0.2, 0) is 0 Å². The van der Waals surface area contributed by atoms with Gasteiger partial charge in [0.1, 0.15) is 5.82 Å². The molecule has 1 unspecified atom stereocenters. The van der Waals surface area contributed by atoms with Gasteiger partial charge in [0.05, 0.1) is 17.4 Å². The minimum Gasteiger partial charge on any atom is -0.257 e. The second kappa shape index (κ2) is 6.93. The van der Waals surface area contributed by atoms with E-state index in [0.717, 1.165) is 34.0 Å². The lowest BCUT2D eigenvalue weighted by atomic mass is 9.98. The van der Waals surface area contributed by atoms with E-state index >= 15 is 0 Å². The highest BCUT2D eigenvalue weighted by molar-refractivity contribution is 6.31. The molecule has 0 aromatic heterocycles. The first-order chi connectivity index (χ1) is 12.6. The Balaban J connectivity index is 1.76. The van der Waals surface area contributed by atoms with E-state index in [0.29, 0.717) is 0 Å². The molecule has 0 radical (unpaired) electrons. The molecule has 0 spiro atoms. The van der Waals surface area contributed by atoms with Crippen LogP contribution in [0.1, 0.15) is 29.2 Å². The maximum Gasteiger partial charge on any atom is 0.123 e. The van der Waals surface area contributed by atoms with Gasteiger partial charge < -0.3 is 0 Å². The van der Waals surface area contributed by atoms with Crippen molar-refractivity contribution in [3.63, 3.8) is 0 Å². The molecular formula is C22H18ClFN2. The zero-order chi connectivity index (χ0) is 18.1. The van der Waals surface area contributed by atoms with Gasteiger partial charge in [0, 0.05) is 11.4 Å². The van der Waals surface area contributed by atoms with Crippen LogP contribution in [0.2, 0.25) is 5.02 Å². The molecule has 0 amide bonds. The van der Waals surface area contributed by atoms with E-state index in [1.165, 1.54) is 17.7 Å². The summed E-state index contributed by atoms with van der Waals surface area (Å²) < 4.78 is 13.3. The van der Waals surface area contributed by atoms with Gasteiger partial charge >= 0.3 is 0 Å². The van der Waals surface area contributed by atoms with E-state index in [1.807, 2.05) is 48.3 Å². The Bertz CT molecular complexity index is 952. The van der Waals surface area contributed by atoms with Crippen LogP contribution >= 0.6 is 11.6 Å². The Morgan fingerprint density at radius 3 is 2.42 bits per heavy atom. The number of halogens is 2. The number of anilines is 1. The normalized spacial score (nSPS) is 16.7. The molecule has 0 saturated carbocycles. The zero-order valence-electron chi connectivity index (χ0n) is 14.4. The number of hydrazone groups is 1. The molecule has 1 atom stereocenters. The summed E-state index contributed by atoms with van der Waals surface area (Å²) in [5, 5.41) is 7.59. The molecule has 3 aromatic rings. The van der Waals surface area contributed by atoms with Crippen LogP contribution < -0.4 is 5.01 Å². The summed E-state index contributed by atoms with van der Waals surface area (Å²) in [6.07, 6.45) is 0.751. The average Bonchev–Trinajstić information content (AvgIpc) is 3.11. The minimum absolute atomic E-state index is 0.0787. The van der Waals surface area contributed by atoms with E-state index in [4.69, 9.17) is 16.7 Å². The maximum atomic E-state index is 13.3. The Morgan fingerprint density at radius 1 is 1.00 bits per heavy atom. The highest BCUT2D eigenvalue weighted by atomic mass is 35.5. The Kier molecular flexibility index (Phi) is 4.48. The van der Waals surface area contributed by atoms with Gasteiger partial charge in [-0.1, -0.05) is 60.1 Å². The molecule has 130 valence electrons.